The van der Waals surface area contributed by atoms with Crippen molar-refractivity contribution in [3.05, 3.63) is 87.2 Å². The molecule has 1 N–H and O–H groups in total. The predicted octanol–water partition coefficient (Wildman–Crippen LogP) is 5.06. The smallest absolute Gasteiger partial charge is 0.336 e. The SMILES string of the molecule is CCOC(=O)C1=C(C)NC2=C(C(=O)[C@H](C(=O)OCC)[C@H](c3ccccc3OC)C2)[C@H]1c1cccc(Cl)c1. The topological polar surface area (TPSA) is 90.9 Å². The summed E-state index contributed by atoms with van der Waals surface area (Å²) in [6.07, 6.45) is 0.343. The average molecular weight is 524 g/mol. The zero-order valence-electron chi connectivity index (χ0n) is 21.3. The van der Waals surface area contributed by atoms with Gasteiger partial charge in [-0.1, -0.05) is 41.9 Å². The van der Waals surface area contributed by atoms with Crippen molar-refractivity contribution < 1.29 is 28.6 Å². The third kappa shape index (κ3) is 5.01. The number of hydrogen-bond donors (Lipinski definition) is 1. The molecule has 2 aliphatic rings. The number of benzene rings is 2. The van der Waals surface area contributed by atoms with Gasteiger partial charge in [0, 0.05) is 33.8 Å². The summed E-state index contributed by atoms with van der Waals surface area (Å²) in [7, 11) is 1.56. The molecule has 0 radical (unpaired) electrons. The largest absolute Gasteiger partial charge is 0.496 e. The fourth-order valence-electron chi connectivity index (χ4n) is 5.30. The molecule has 0 amide bonds. The van der Waals surface area contributed by atoms with Crippen LogP contribution in [0.25, 0.3) is 0 Å². The minimum atomic E-state index is -1.11. The van der Waals surface area contributed by atoms with Gasteiger partial charge in [-0.05, 0) is 56.5 Å². The summed E-state index contributed by atoms with van der Waals surface area (Å²) in [5.74, 6) is -3.34. The number of ether oxygens (including phenoxy) is 3. The van der Waals surface area contributed by atoms with Gasteiger partial charge in [0.2, 0.25) is 0 Å². The van der Waals surface area contributed by atoms with Crippen LogP contribution in [0.3, 0.4) is 0 Å². The molecule has 37 heavy (non-hydrogen) atoms. The van der Waals surface area contributed by atoms with Crippen LogP contribution in [0.1, 0.15) is 50.2 Å². The second kappa shape index (κ2) is 11.2. The Morgan fingerprint density at radius 1 is 1.05 bits per heavy atom. The molecule has 0 saturated heterocycles. The van der Waals surface area contributed by atoms with E-state index >= 15 is 0 Å². The molecule has 3 atom stereocenters. The normalized spacial score (nSPS) is 21.2. The average Bonchev–Trinajstić information content (AvgIpc) is 2.87. The van der Waals surface area contributed by atoms with Crippen molar-refractivity contribution in [2.45, 2.75) is 39.0 Å². The number of methoxy groups -OCH3 is 1. The van der Waals surface area contributed by atoms with Gasteiger partial charge in [0.05, 0.1) is 25.9 Å². The molecule has 194 valence electrons. The van der Waals surface area contributed by atoms with Crippen molar-refractivity contribution in [2.75, 3.05) is 20.3 Å². The number of carbonyl (C=O) groups excluding carboxylic acids is 3. The summed E-state index contributed by atoms with van der Waals surface area (Å²) in [6, 6.07) is 14.4. The molecule has 0 bridgehead atoms. The Kier molecular flexibility index (Phi) is 8.03. The van der Waals surface area contributed by atoms with Gasteiger partial charge < -0.3 is 19.5 Å². The number of carbonyl (C=O) groups is 3. The van der Waals surface area contributed by atoms with Crippen molar-refractivity contribution in [1.82, 2.24) is 5.32 Å². The van der Waals surface area contributed by atoms with E-state index in [1.165, 1.54) is 0 Å². The lowest BCUT2D eigenvalue weighted by Crippen LogP contribution is -2.43. The van der Waals surface area contributed by atoms with Crippen molar-refractivity contribution in [3.63, 3.8) is 0 Å². The third-order valence-corrected chi connectivity index (χ3v) is 7.01. The molecule has 7 nitrogen and oxygen atoms in total. The van der Waals surface area contributed by atoms with E-state index in [0.29, 0.717) is 45.3 Å². The molecule has 4 rings (SSSR count). The van der Waals surface area contributed by atoms with Gasteiger partial charge in [0.25, 0.3) is 0 Å². The van der Waals surface area contributed by atoms with Crippen LogP contribution in [0.2, 0.25) is 5.02 Å². The van der Waals surface area contributed by atoms with Crippen LogP contribution >= 0.6 is 11.6 Å². The zero-order valence-corrected chi connectivity index (χ0v) is 22.1. The molecule has 0 unspecified atom stereocenters. The molecule has 2 aromatic rings. The molecule has 0 saturated carbocycles. The maximum Gasteiger partial charge on any atom is 0.336 e. The molecule has 0 spiro atoms. The van der Waals surface area contributed by atoms with Crippen LogP contribution in [0.5, 0.6) is 5.75 Å². The lowest BCUT2D eigenvalue weighted by atomic mass is 9.67. The molecule has 8 heteroatoms. The van der Waals surface area contributed by atoms with E-state index in [9.17, 15) is 14.4 Å². The molecular weight excluding hydrogens is 494 g/mol. The zero-order chi connectivity index (χ0) is 26.7. The van der Waals surface area contributed by atoms with Gasteiger partial charge in [-0.2, -0.15) is 0 Å². The van der Waals surface area contributed by atoms with E-state index in [2.05, 4.69) is 5.32 Å². The Morgan fingerprint density at radius 2 is 1.78 bits per heavy atom. The van der Waals surface area contributed by atoms with E-state index < -0.39 is 35.5 Å². The number of rotatable bonds is 7. The van der Waals surface area contributed by atoms with Crippen LogP contribution in [0.15, 0.2) is 71.1 Å². The Hall–Kier alpha value is -3.58. The second-order valence-electron chi connectivity index (χ2n) is 8.91. The quantitative estimate of drug-likeness (QED) is 0.400. The van der Waals surface area contributed by atoms with Crippen molar-refractivity contribution in [1.29, 1.82) is 0 Å². The van der Waals surface area contributed by atoms with Crippen molar-refractivity contribution >= 4 is 29.3 Å². The summed E-state index contributed by atoms with van der Waals surface area (Å²) in [4.78, 5) is 40.8. The van der Waals surface area contributed by atoms with Crippen LogP contribution in [0, 0.1) is 5.92 Å². The highest BCUT2D eigenvalue weighted by molar-refractivity contribution is 6.30. The Labute approximate surface area is 221 Å². The van der Waals surface area contributed by atoms with Crippen molar-refractivity contribution in [3.8, 4) is 5.75 Å². The van der Waals surface area contributed by atoms with E-state index in [1.54, 1.807) is 52.1 Å². The van der Waals surface area contributed by atoms with E-state index in [1.807, 2.05) is 24.3 Å². The Balaban J connectivity index is 1.92. The summed E-state index contributed by atoms with van der Waals surface area (Å²) in [5.41, 5.74) is 3.30. The van der Waals surface area contributed by atoms with Gasteiger partial charge in [-0.3, -0.25) is 9.59 Å². The molecular formula is C29H30ClNO6. The number of Topliss-reactive ketones (excluding diaryl/α,β-unsaturated/α-hetero) is 1. The van der Waals surface area contributed by atoms with Gasteiger partial charge in [0.15, 0.2) is 5.78 Å². The van der Waals surface area contributed by atoms with E-state index in [4.69, 9.17) is 25.8 Å². The van der Waals surface area contributed by atoms with Gasteiger partial charge in [-0.15, -0.1) is 0 Å². The first-order valence-corrected chi connectivity index (χ1v) is 12.7. The van der Waals surface area contributed by atoms with Crippen LogP contribution in [-0.2, 0) is 23.9 Å². The highest BCUT2D eigenvalue weighted by Gasteiger charge is 2.49. The van der Waals surface area contributed by atoms with Gasteiger partial charge in [0.1, 0.15) is 11.7 Å². The number of nitrogens with one attached hydrogen (secondary N) is 1. The highest BCUT2D eigenvalue weighted by atomic mass is 35.5. The second-order valence-corrected chi connectivity index (χ2v) is 9.35. The summed E-state index contributed by atoms with van der Waals surface area (Å²) >= 11 is 6.32. The number of para-hydroxylation sites is 1. The van der Waals surface area contributed by atoms with E-state index in [0.717, 1.165) is 5.56 Å². The maximum absolute atomic E-state index is 14.3. The minimum absolute atomic E-state index is 0.135. The van der Waals surface area contributed by atoms with Crippen LogP contribution < -0.4 is 10.1 Å². The number of ketones is 1. The summed E-state index contributed by atoms with van der Waals surface area (Å²) in [6.45, 7) is 5.53. The standard InChI is InChI=1S/C29H30ClNO6/c1-5-36-28(33)23-16(3)31-21-15-20(19-12-7-8-13-22(19)35-4)25(29(34)37-6-2)27(32)26(21)24(23)17-10-9-11-18(30)14-17/h7-14,20,24-25,31H,5-6,15H2,1-4H3/t20-,24-,25+/m0/s1. The lowest BCUT2D eigenvalue weighted by Gasteiger charge is -2.39. The first kappa shape index (κ1) is 26.5. The number of dihydropyridines is 1. The molecule has 1 heterocycles. The van der Waals surface area contributed by atoms with E-state index in [-0.39, 0.29) is 13.2 Å². The first-order chi connectivity index (χ1) is 17.8. The number of esters is 2. The fourth-order valence-corrected chi connectivity index (χ4v) is 5.50. The number of hydrogen-bond acceptors (Lipinski definition) is 7. The predicted molar refractivity (Wildman–Crippen MR) is 139 cm³/mol. The monoisotopic (exact) mass is 523 g/mol. The highest BCUT2D eigenvalue weighted by Crippen LogP contribution is 2.49. The van der Waals surface area contributed by atoms with Crippen molar-refractivity contribution in [2.24, 2.45) is 5.92 Å². The molecule has 1 aliphatic carbocycles. The lowest BCUT2D eigenvalue weighted by molar-refractivity contribution is -0.152. The summed E-state index contributed by atoms with van der Waals surface area (Å²) in [5, 5.41) is 3.76. The minimum Gasteiger partial charge on any atom is -0.496 e. The first-order valence-electron chi connectivity index (χ1n) is 12.3. The van der Waals surface area contributed by atoms with Crippen LogP contribution in [-0.4, -0.2) is 38.0 Å². The molecule has 1 aliphatic heterocycles. The van der Waals surface area contributed by atoms with Gasteiger partial charge in [-0.25, -0.2) is 4.79 Å². The fraction of sp³-hybridized carbons (Fsp3) is 0.345. The Bertz CT molecular complexity index is 1300. The van der Waals surface area contributed by atoms with Gasteiger partial charge >= 0.3 is 11.9 Å². The number of allylic oxidation sites excluding steroid dienone is 3. The third-order valence-electron chi connectivity index (χ3n) is 6.78. The Morgan fingerprint density at radius 3 is 2.46 bits per heavy atom. The number of halogens is 1. The molecule has 2 aromatic carbocycles. The van der Waals surface area contributed by atoms with Crippen LogP contribution in [0.4, 0.5) is 0 Å². The summed E-state index contributed by atoms with van der Waals surface area (Å²) < 4.78 is 16.3. The maximum atomic E-state index is 14.3. The molecule has 0 fully saturated rings. The molecule has 0 aromatic heterocycles.